The monoisotopic (exact) mass is 401 g/mol. The fourth-order valence-corrected chi connectivity index (χ4v) is 4.69. The number of hydrogen-bond acceptors (Lipinski definition) is 4. The van der Waals surface area contributed by atoms with Crippen LogP contribution in [0.15, 0.2) is 48.5 Å². The van der Waals surface area contributed by atoms with Gasteiger partial charge in [0, 0.05) is 12.0 Å². The Balaban J connectivity index is 1.80. The minimum Gasteiger partial charge on any atom is -0.465 e. The number of rotatable bonds is 6. The van der Waals surface area contributed by atoms with Crippen LogP contribution in [0.4, 0.5) is 0 Å². The summed E-state index contributed by atoms with van der Waals surface area (Å²) in [6, 6.07) is 15.5. The van der Waals surface area contributed by atoms with Crippen molar-refractivity contribution in [1.29, 1.82) is 0 Å². The molecule has 150 valence electrons. The van der Waals surface area contributed by atoms with Crippen LogP contribution in [-0.4, -0.2) is 32.8 Å². The van der Waals surface area contributed by atoms with Crippen molar-refractivity contribution in [1.82, 2.24) is 4.72 Å². The van der Waals surface area contributed by atoms with E-state index in [0.717, 1.165) is 36.0 Å². The summed E-state index contributed by atoms with van der Waals surface area (Å²) in [6.45, 7) is 3.40. The molecule has 2 aromatic rings. The molecule has 6 heteroatoms. The lowest BCUT2D eigenvalue weighted by atomic mass is 9.92. The van der Waals surface area contributed by atoms with Gasteiger partial charge < -0.3 is 4.74 Å². The Labute approximate surface area is 167 Å². The molecule has 0 bridgehead atoms. The molecule has 0 spiro atoms. The van der Waals surface area contributed by atoms with E-state index in [1.807, 2.05) is 30.3 Å². The Morgan fingerprint density at radius 1 is 1.07 bits per heavy atom. The molecule has 5 nitrogen and oxygen atoms in total. The molecule has 1 fully saturated rings. The van der Waals surface area contributed by atoms with E-state index in [2.05, 4.69) is 16.9 Å². The number of hydrogen-bond donors (Lipinski definition) is 1. The van der Waals surface area contributed by atoms with Gasteiger partial charge in [0.1, 0.15) is 0 Å². The van der Waals surface area contributed by atoms with Crippen LogP contribution in [-0.2, 0) is 14.8 Å². The second-order valence-electron chi connectivity index (χ2n) is 7.55. The predicted octanol–water partition coefficient (Wildman–Crippen LogP) is 4.10. The summed E-state index contributed by atoms with van der Waals surface area (Å²) in [6.07, 6.45) is 2.85. The number of ether oxygens (including phenoxy) is 1. The first kappa shape index (κ1) is 20.6. The maximum atomic E-state index is 12.3. The van der Waals surface area contributed by atoms with E-state index in [4.69, 9.17) is 4.74 Å². The Morgan fingerprint density at radius 2 is 1.79 bits per heavy atom. The van der Waals surface area contributed by atoms with Gasteiger partial charge in [-0.15, -0.1) is 0 Å². The number of esters is 1. The molecule has 0 saturated heterocycles. The van der Waals surface area contributed by atoms with Crippen molar-refractivity contribution in [2.45, 2.75) is 50.3 Å². The lowest BCUT2D eigenvalue weighted by Crippen LogP contribution is -2.40. The third kappa shape index (κ3) is 4.45. The molecule has 1 N–H and O–H groups in total. The van der Waals surface area contributed by atoms with E-state index in [-0.39, 0.29) is 17.9 Å². The summed E-state index contributed by atoms with van der Waals surface area (Å²) in [5.41, 5.74) is 3.61. The quantitative estimate of drug-likeness (QED) is 0.740. The molecule has 2 unspecified atom stereocenters. The Hall–Kier alpha value is -2.18. The van der Waals surface area contributed by atoms with Gasteiger partial charge in [-0.3, -0.25) is 0 Å². The average Bonchev–Trinajstić information content (AvgIpc) is 3.14. The van der Waals surface area contributed by atoms with Crippen molar-refractivity contribution in [2.24, 2.45) is 0 Å². The minimum atomic E-state index is -3.28. The lowest BCUT2D eigenvalue weighted by molar-refractivity contribution is 0.0601. The lowest BCUT2D eigenvalue weighted by Gasteiger charge is -2.23. The summed E-state index contributed by atoms with van der Waals surface area (Å²) in [5, 5.41) is -0.432. The Bertz CT molecular complexity index is 935. The van der Waals surface area contributed by atoms with E-state index >= 15 is 0 Å². The van der Waals surface area contributed by atoms with Crippen molar-refractivity contribution in [3.05, 3.63) is 59.7 Å². The Morgan fingerprint density at radius 3 is 2.43 bits per heavy atom. The topological polar surface area (TPSA) is 72.5 Å². The van der Waals surface area contributed by atoms with Crippen molar-refractivity contribution >= 4 is 16.0 Å². The molecule has 0 heterocycles. The molecule has 0 aromatic heterocycles. The van der Waals surface area contributed by atoms with E-state index in [1.165, 1.54) is 7.11 Å². The molecule has 28 heavy (non-hydrogen) atoms. The second-order valence-corrected chi connectivity index (χ2v) is 9.82. The van der Waals surface area contributed by atoms with Crippen molar-refractivity contribution in [3.63, 3.8) is 0 Å². The van der Waals surface area contributed by atoms with Crippen LogP contribution >= 0.6 is 0 Å². The van der Waals surface area contributed by atoms with Gasteiger partial charge in [0.2, 0.25) is 10.0 Å². The zero-order valence-electron chi connectivity index (χ0n) is 16.5. The minimum absolute atomic E-state index is 0.0547. The maximum Gasteiger partial charge on any atom is 0.337 e. The number of sulfonamides is 1. The fraction of sp³-hybridized carbons (Fsp3) is 0.409. The fourth-order valence-electron chi connectivity index (χ4n) is 3.71. The smallest absolute Gasteiger partial charge is 0.337 e. The number of carbonyl (C=O) groups is 1. The standard InChI is InChI=1S/C22H27NO4S/c1-15(2)28(25,26)23-21-9-5-8-20(21)17-12-10-16(11-13-17)18-6-4-7-19(14-18)22(24)27-3/h4,6-7,10-15,20-21,23H,5,8-9H2,1-3H3. The molecule has 0 amide bonds. The molecule has 3 rings (SSSR count). The zero-order valence-corrected chi connectivity index (χ0v) is 17.3. The SMILES string of the molecule is COC(=O)c1cccc(-c2ccc(C3CCCC3NS(=O)(=O)C(C)C)cc2)c1. The molecule has 1 aliphatic rings. The molecule has 2 atom stereocenters. The highest BCUT2D eigenvalue weighted by atomic mass is 32.2. The molecular formula is C22H27NO4S. The predicted molar refractivity (Wildman–Crippen MR) is 111 cm³/mol. The van der Waals surface area contributed by atoms with E-state index < -0.39 is 15.3 Å². The van der Waals surface area contributed by atoms with Crippen molar-refractivity contribution < 1.29 is 17.9 Å². The molecular weight excluding hydrogens is 374 g/mol. The van der Waals surface area contributed by atoms with E-state index in [9.17, 15) is 13.2 Å². The summed E-state index contributed by atoms with van der Waals surface area (Å²) >= 11 is 0. The van der Waals surface area contributed by atoms with Gasteiger partial charge in [-0.1, -0.05) is 42.8 Å². The second kappa shape index (κ2) is 8.45. The van der Waals surface area contributed by atoms with Gasteiger partial charge >= 0.3 is 5.97 Å². The Kier molecular flexibility index (Phi) is 6.20. The molecule has 0 aliphatic heterocycles. The largest absolute Gasteiger partial charge is 0.465 e. The van der Waals surface area contributed by atoms with E-state index in [1.54, 1.807) is 19.9 Å². The van der Waals surface area contributed by atoms with Gasteiger partial charge in [0.25, 0.3) is 0 Å². The van der Waals surface area contributed by atoms with Crippen molar-refractivity contribution in [2.75, 3.05) is 7.11 Å². The van der Waals surface area contributed by atoms with Gasteiger partial charge in [-0.05, 0) is 55.5 Å². The molecule has 1 aliphatic carbocycles. The van der Waals surface area contributed by atoms with Crippen LogP contribution < -0.4 is 4.72 Å². The molecule has 1 saturated carbocycles. The van der Waals surface area contributed by atoms with Gasteiger partial charge in [-0.2, -0.15) is 0 Å². The normalized spacial score (nSPS) is 19.7. The van der Waals surface area contributed by atoms with E-state index in [0.29, 0.717) is 5.56 Å². The third-order valence-electron chi connectivity index (χ3n) is 5.41. The average molecular weight is 402 g/mol. The van der Waals surface area contributed by atoms with Gasteiger partial charge in [0.05, 0.1) is 17.9 Å². The summed E-state index contributed by atoms with van der Waals surface area (Å²) in [7, 11) is -1.91. The first-order valence-corrected chi connectivity index (χ1v) is 11.2. The van der Waals surface area contributed by atoms with Crippen molar-refractivity contribution in [3.8, 4) is 11.1 Å². The number of nitrogens with one attached hydrogen (secondary N) is 1. The molecule has 2 aromatic carbocycles. The number of carbonyl (C=O) groups excluding carboxylic acids is 1. The van der Waals surface area contributed by atoms with Gasteiger partial charge in [-0.25, -0.2) is 17.9 Å². The van der Waals surface area contributed by atoms with Crippen LogP contribution in [0.2, 0.25) is 0 Å². The van der Waals surface area contributed by atoms with Crippen LogP contribution in [0, 0.1) is 0 Å². The highest BCUT2D eigenvalue weighted by molar-refractivity contribution is 7.90. The van der Waals surface area contributed by atoms with Gasteiger partial charge in [0.15, 0.2) is 0 Å². The third-order valence-corrected chi connectivity index (χ3v) is 7.28. The highest BCUT2D eigenvalue weighted by Gasteiger charge is 2.32. The first-order chi connectivity index (χ1) is 13.3. The number of benzene rings is 2. The summed E-state index contributed by atoms with van der Waals surface area (Å²) in [5.74, 6) is -0.173. The number of methoxy groups -OCH3 is 1. The summed E-state index contributed by atoms with van der Waals surface area (Å²) < 4.78 is 32.2. The molecule has 0 radical (unpaired) electrons. The summed E-state index contributed by atoms with van der Waals surface area (Å²) in [4.78, 5) is 11.7. The first-order valence-electron chi connectivity index (χ1n) is 9.61. The van der Waals surface area contributed by atoms with Crippen LogP contribution in [0.5, 0.6) is 0 Å². The zero-order chi connectivity index (χ0) is 20.3. The van der Waals surface area contributed by atoms with Crippen LogP contribution in [0.1, 0.15) is 54.9 Å². The van der Waals surface area contributed by atoms with Crippen LogP contribution in [0.3, 0.4) is 0 Å². The maximum absolute atomic E-state index is 12.3. The highest BCUT2D eigenvalue weighted by Crippen LogP contribution is 2.36. The van der Waals surface area contributed by atoms with Crippen LogP contribution in [0.25, 0.3) is 11.1 Å².